The molecule has 0 saturated carbocycles. The third-order valence-electron chi connectivity index (χ3n) is 6.25. The molecule has 0 aliphatic carbocycles. The topological polar surface area (TPSA) is 136 Å². The maximum Gasteiger partial charge on any atom is 0.331 e. The maximum atomic E-state index is 12.3. The number of carbonyl (C=O) groups is 2. The van der Waals surface area contributed by atoms with Crippen LogP contribution in [0.3, 0.4) is 0 Å². The Kier molecular flexibility index (Phi) is 13.7. The Morgan fingerprint density at radius 3 is 2.14 bits per heavy atom. The number of esters is 1. The highest BCUT2D eigenvalue weighted by Crippen LogP contribution is 2.32. The van der Waals surface area contributed by atoms with Gasteiger partial charge in [-0.25, -0.2) is 4.79 Å². The molecular weight excluding hydrogens is 560 g/mol. The largest absolute Gasteiger partial charge is 0.507 e. The van der Waals surface area contributed by atoms with E-state index >= 15 is 0 Å². The van der Waals surface area contributed by atoms with Gasteiger partial charge in [-0.05, 0) is 37.5 Å². The van der Waals surface area contributed by atoms with Crippen LogP contribution < -0.4 is 9.47 Å². The van der Waals surface area contributed by atoms with Crippen LogP contribution in [0.4, 0.5) is 0 Å². The Morgan fingerprint density at radius 2 is 1.55 bits per heavy atom. The predicted molar refractivity (Wildman–Crippen MR) is 161 cm³/mol. The number of carbonyl (C=O) groups excluding carboxylic acids is 2. The van der Waals surface area contributed by atoms with Gasteiger partial charge >= 0.3 is 5.97 Å². The van der Waals surface area contributed by atoms with Gasteiger partial charge in [-0.15, -0.1) is 0 Å². The average Bonchev–Trinajstić information content (AvgIpc) is 2.99. The second kappa shape index (κ2) is 17.0. The molecule has 0 spiro atoms. The molecule has 0 heterocycles. The van der Waals surface area contributed by atoms with E-state index in [1.165, 1.54) is 38.2 Å². The summed E-state index contributed by atoms with van der Waals surface area (Å²) in [6.45, 7) is 4.22. The Labute approximate surface area is 247 Å². The van der Waals surface area contributed by atoms with Gasteiger partial charge in [-0.3, -0.25) is 9.35 Å². The highest BCUT2D eigenvalue weighted by Gasteiger charge is 2.23. The molecule has 2 N–H and O–H groups in total. The summed E-state index contributed by atoms with van der Waals surface area (Å²) in [5.41, 5.74) is 0.907. The van der Waals surface area contributed by atoms with Crippen molar-refractivity contribution in [2.24, 2.45) is 0 Å². The van der Waals surface area contributed by atoms with Gasteiger partial charge in [0.15, 0.2) is 5.78 Å². The van der Waals surface area contributed by atoms with Crippen molar-refractivity contribution in [2.45, 2.75) is 57.0 Å². The van der Waals surface area contributed by atoms with E-state index in [0.29, 0.717) is 0 Å². The van der Waals surface area contributed by atoms with Crippen LogP contribution in [0.1, 0.15) is 67.4 Å². The minimum atomic E-state index is -4.59. The molecule has 0 fully saturated rings. The maximum absolute atomic E-state index is 12.3. The molecule has 1 unspecified atom stereocenters. The van der Waals surface area contributed by atoms with E-state index in [2.05, 4.69) is 6.92 Å². The highest BCUT2D eigenvalue weighted by atomic mass is 32.2. The molecule has 226 valence electrons. The number of methoxy groups -OCH3 is 2. The molecule has 3 aromatic rings. The molecule has 9 nitrogen and oxygen atoms in total. The fourth-order valence-corrected chi connectivity index (χ4v) is 4.63. The van der Waals surface area contributed by atoms with Crippen molar-refractivity contribution in [3.8, 4) is 17.2 Å². The number of phenols is 1. The van der Waals surface area contributed by atoms with Crippen molar-refractivity contribution >= 4 is 27.9 Å². The third-order valence-corrected chi connectivity index (χ3v) is 7.12. The quantitative estimate of drug-likeness (QED) is 0.0744. The molecule has 0 aliphatic heterocycles. The Hall–Kier alpha value is -4.15. The molecule has 0 saturated heterocycles. The Balaban J connectivity index is 0.000000293. The van der Waals surface area contributed by atoms with Crippen molar-refractivity contribution < 1.29 is 41.9 Å². The van der Waals surface area contributed by atoms with Crippen LogP contribution in [0, 0.1) is 0 Å². The molecule has 0 radical (unpaired) electrons. The molecule has 10 heteroatoms. The van der Waals surface area contributed by atoms with Crippen molar-refractivity contribution in [1.29, 1.82) is 0 Å². The number of aromatic hydroxyl groups is 1. The first-order valence-electron chi connectivity index (χ1n) is 13.6. The normalized spacial score (nSPS) is 11.7. The van der Waals surface area contributed by atoms with Crippen molar-refractivity contribution in [3.63, 3.8) is 0 Å². The smallest absolute Gasteiger partial charge is 0.331 e. The van der Waals surface area contributed by atoms with Crippen molar-refractivity contribution in [3.05, 3.63) is 89.5 Å². The van der Waals surface area contributed by atoms with E-state index in [0.717, 1.165) is 42.7 Å². The lowest BCUT2D eigenvalue weighted by Gasteiger charge is -2.14. The average molecular weight is 599 g/mol. The lowest BCUT2D eigenvalue weighted by molar-refractivity contribution is -0.143. The van der Waals surface area contributed by atoms with E-state index in [9.17, 15) is 23.1 Å². The van der Waals surface area contributed by atoms with Crippen LogP contribution >= 0.6 is 0 Å². The van der Waals surface area contributed by atoms with E-state index in [1.807, 2.05) is 31.2 Å². The summed E-state index contributed by atoms with van der Waals surface area (Å²) in [5, 5.41) is 9.87. The van der Waals surface area contributed by atoms with Gasteiger partial charge in [0.05, 0.1) is 19.8 Å². The van der Waals surface area contributed by atoms with Gasteiger partial charge in [-0.2, -0.15) is 8.42 Å². The molecule has 1 atom stereocenters. The Bertz CT molecular complexity index is 1450. The minimum Gasteiger partial charge on any atom is -0.507 e. The molecule has 0 bridgehead atoms. The minimum absolute atomic E-state index is 0.0198. The number of para-hydroxylation sites is 1. The first kappa shape index (κ1) is 34.1. The van der Waals surface area contributed by atoms with Crippen molar-refractivity contribution in [2.75, 3.05) is 14.2 Å². The summed E-state index contributed by atoms with van der Waals surface area (Å²) in [4.78, 5) is 23.6. The van der Waals surface area contributed by atoms with Crippen LogP contribution in [-0.4, -0.2) is 50.2 Å². The second-order valence-electron chi connectivity index (χ2n) is 9.23. The zero-order chi connectivity index (χ0) is 31.1. The molecule has 42 heavy (non-hydrogen) atoms. The summed E-state index contributed by atoms with van der Waals surface area (Å²) < 4.78 is 47.3. The fraction of sp³-hybridized carbons (Fsp3) is 0.312. The first-order chi connectivity index (χ1) is 20.0. The summed E-state index contributed by atoms with van der Waals surface area (Å²) >= 11 is 0. The van der Waals surface area contributed by atoms with Gasteiger partial charge in [0.1, 0.15) is 28.2 Å². The zero-order valence-electron chi connectivity index (χ0n) is 24.3. The third kappa shape index (κ3) is 10.4. The number of ether oxygens (including phenoxy) is 3. The SMILES string of the molecule is CCCCCC(CC)OC(=O)/C=C/c1ccccc1OC.COc1cc(O)c(C(=O)c2ccccc2)cc1S(=O)(=O)O. The van der Waals surface area contributed by atoms with E-state index in [-0.39, 0.29) is 28.9 Å². The molecule has 0 aromatic heterocycles. The molecular formula is C32H38O9S. The predicted octanol–water partition coefficient (Wildman–Crippen LogP) is 6.49. The molecule has 0 aliphatic rings. The summed E-state index contributed by atoms with van der Waals surface area (Å²) in [6.07, 6.45) is 8.50. The lowest BCUT2D eigenvalue weighted by atomic mass is 10.0. The van der Waals surface area contributed by atoms with Gasteiger partial charge in [0, 0.05) is 23.3 Å². The number of ketones is 1. The van der Waals surface area contributed by atoms with Crippen LogP contribution in [0.5, 0.6) is 17.2 Å². The highest BCUT2D eigenvalue weighted by molar-refractivity contribution is 7.86. The van der Waals surface area contributed by atoms with E-state index in [1.54, 1.807) is 31.4 Å². The van der Waals surface area contributed by atoms with Crippen LogP contribution in [0.25, 0.3) is 6.08 Å². The summed E-state index contributed by atoms with van der Waals surface area (Å²) in [5.74, 6) is -0.797. The van der Waals surface area contributed by atoms with Crippen LogP contribution in [0.15, 0.2) is 77.7 Å². The number of hydrogen-bond acceptors (Lipinski definition) is 8. The van der Waals surface area contributed by atoms with Gasteiger partial charge < -0.3 is 19.3 Å². The number of unbranched alkanes of at least 4 members (excludes halogenated alkanes) is 2. The second-order valence-corrected chi connectivity index (χ2v) is 10.6. The fourth-order valence-electron chi connectivity index (χ4n) is 3.97. The number of hydrogen-bond donors (Lipinski definition) is 2. The van der Waals surface area contributed by atoms with E-state index < -0.39 is 26.5 Å². The van der Waals surface area contributed by atoms with E-state index in [4.69, 9.17) is 18.8 Å². The first-order valence-corrected chi connectivity index (χ1v) is 15.0. The van der Waals surface area contributed by atoms with Gasteiger partial charge in [0.25, 0.3) is 10.1 Å². The van der Waals surface area contributed by atoms with Crippen LogP contribution in [-0.2, 0) is 19.6 Å². The number of benzene rings is 3. The van der Waals surface area contributed by atoms with Crippen LogP contribution in [0.2, 0.25) is 0 Å². The standard InChI is InChI=1S/C18H26O3.C14H12O6S/c1-4-6-7-11-16(5-2)21-18(19)14-13-15-10-8-9-12-17(15)20-3;1-20-12-8-11(15)10(7-13(12)21(17,18)19)14(16)9-5-3-2-4-6-9/h8-10,12-14,16H,4-7,11H2,1-3H3;2-8,15H,1H3,(H,17,18,19)/b14-13+;. The molecule has 3 aromatic carbocycles. The van der Waals surface area contributed by atoms with Gasteiger partial charge in [-0.1, -0.05) is 75.2 Å². The summed E-state index contributed by atoms with van der Waals surface area (Å²) in [6, 6.07) is 17.5. The number of phenolic OH excluding ortho intramolecular Hbond substituents is 1. The molecule has 0 amide bonds. The summed E-state index contributed by atoms with van der Waals surface area (Å²) in [7, 11) is -1.79. The lowest BCUT2D eigenvalue weighted by Crippen LogP contribution is -2.15. The van der Waals surface area contributed by atoms with Crippen molar-refractivity contribution in [1.82, 2.24) is 0 Å². The van der Waals surface area contributed by atoms with Gasteiger partial charge in [0.2, 0.25) is 0 Å². The molecule has 3 rings (SSSR count). The zero-order valence-corrected chi connectivity index (χ0v) is 25.1. The Morgan fingerprint density at radius 1 is 0.905 bits per heavy atom. The monoisotopic (exact) mass is 598 g/mol. The number of rotatable bonds is 13.